The molecule has 2 N–H and O–H groups in total. The maximum absolute atomic E-state index is 13.0. The zero-order valence-electron chi connectivity index (χ0n) is 23.5. The van der Waals surface area contributed by atoms with Gasteiger partial charge in [-0.2, -0.15) is 0 Å². The minimum absolute atomic E-state index is 0.0325. The minimum Gasteiger partial charge on any atom is -0.460 e. The van der Waals surface area contributed by atoms with Crippen molar-refractivity contribution < 1.29 is 19.1 Å². The van der Waals surface area contributed by atoms with Crippen LogP contribution in [0, 0.1) is 0 Å². The molecule has 0 saturated heterocycles. The molecule has 1 aromatic heterocycles. The number of hydrogen-bond donors (Lipinski definition) is 2. The number of aromatic nitrogens is 1. The van der Waals surface area contributed by atoms with Crippen molar-refractivity contribution in [1.29, 1.82) is 0 Å². The van der Waals surface area contributed by atoms with E-state index < -0.39 is 5.97 Å². The van der Waals surface area contributed by atoms with Crippen molar-refractivity contribution >= 4 is 28.2 Å². The van der Waals surface area contributed by atoms with Crippen LogP contribution in [-0.2, 0) is 22.4 Å². The van der Waals surface area contributed by atoms with Crippen LogP contribution in [0.15, 0.2) is 85.2 Å². The van der Waals surface area contributed by atoms with Crippen LogP contribution in [0.25, 0.3) is 10.8 Å². The number of carbonyl (C=O) groups excluding carboxylic acids is 2. The number of rotatable bonds is 12. The second kappa shape index (κ2) is 14.0. The molecule has 0 aliphatic heterocycles. The third-order valence-electron chi connectivity index (χ3n) is 7.66. The van der Waals surface area contributed by atoms with Gasteiger partial charge in [0, 0.05) is 66.6 Å². The van der Waals surface area contributed by atoms with Crippen molar-refractivity contribution in [2.24, 2.45) is 0 Å². The molecule has 0 spiro atoms. The highest BCUT2D eigenvalue weighted by Gasteiger charge is 2.21. The zero-order valence-corrected chi connectivity index (χ0v) is 23.5. The number of benzene rings is 3. The molecule has 4 aromatic rings. The average molecular weight is 552 g/mol. The van der Waals surface area contributed by atoms with Crippen LogP contribution in [0.1, 0.15) is 57.5 Å². The molecule has 1 aliphatic carbocycles. The number of nitrogens with zero attached hydrogens (tertiary/aromatic N) is 1. The number of Topliss-reactive ketones (excluding diaryl/α,β-unsaturated/α-hetero) is 1. The largest absolute Gasteiger partial charge is 0.460 e. The summed E-state index contributed by atoms with van der Waals surface area (Å²) in [4.78, 5) is 29.5. The molecular weight excluding hydrogens is 514 g/mol. The second-order valence-electron chi connectivity index (χ2n) is 10.6. The molecule has 3 aromatic carbocycles. The van der Waals surface area contributed by atoms with Crippen molar-refractivity contribution in [2.75, 3.05) is 25.6 Å². The van der Waals surface area contributed by atoms with Crippen LogP contribution in [0.3, 0.4) is 0 Å². The Morgan fingerprint density at radius 2 is 1.61 bits per heavy atom. The van der Waals surface area contributed by atoms with Crippen molar-refractivity contribution in [3.8, 4) is 0 Å². The highest BCUT2D eigenvalue weighted by molar-refractivity contribution is 6.00. The first-order valence-electron chi connectivity index (χ1n) is 14.3. The van der Waals surface area contributed by atoms with Gasteiger partial charge >= 0.3 is 5.97 Å². The maximum Gasteiger partial charge on any atom is 0.338 e. The molecule has 1 fully saturated rings. The van der Waals surface area contributed by atoms with Gasteiger partial charge < -0.3 is 20.1 Å². The normalized spacial score (nSPS) is 16.8. The van der Waals surface area contributed by atoms with E-state index in [0.29, 0.717) is 29.8 Å². The summed E-state index contributed by atoms with van der Waals surface area (Å²) in [7, 11) is 1.55. The lowest BCUT2D eigenvalue weighted by Crippen LogP contribution is -2.36. The van der Waals surface area contributed by atoms with Gasteiger partial charge in [0.1, 0.15) is 6.61 Å². The number of ketones is 1. The summed E-state index contributed by atoms with van der Waals surface area (Å²) >= 11 is 0. The SMILES string of the molecule is COCCOC(=O)c1cccc(C(=O)Cc2cccc(CNC3CCC(Nc4cccc5cnccc45)CC3)c2)c1. The Labute approximate surface area is 241 Å². The smallest absolute Gasteiger partial charge is 0.338 e. The molecule has 0 atom stereocenters. The van der Waals surface area contributed by atoms with Crippen LogP contribution in [0.2, 0.25) is 0 Å². The summed E-state index contributed by atoms with van der Waals surface area (Å²) in [5.41, 5.74) is 4.17. The fraction of sp³-hybridized carbons (Fsp3) is 0.324. The monoisotopic (exact) mass is 551 g/mol. The van der Waals surface area contributed by atoms with E-state index in [1.165, 1.54) is 11.1 Å². The van der Waals surface area contributed by atoms with Gasteiger partial charge in [0.25, 0.3) is 0 Å². The number of fused-ring (bicyclic) bond motifs is 1. The van der Waals surface area contributed by atoms with E-state index in [4.69, 9.17) is 9.47 Å². The van der Waals surface area contributed by atoms with Crippen molar-refractivity contribution in [2.45, 2.75) is 50.7 Å². The lowest BCUT2D eigenvalue weighted by molar-refractivity contribution is 0.0388. The van der Waals surface area contributed by atoms with E-state index in [1.807, 2.05) is 24.5 Å². The standard InChI is InChI=1S/C34H37N3O4/c1-40-17-18-41-34(39)27-8-3-7-26(21-27)33(38)20-24-5-2-6-25(19-24)22-36-29-11-13-30(14-12-29)37-32-10-4-9-28-23-35-16-15-31(28)32/h2-10,15-16,19,21,23,29-30,36-37H,11-14,17-18,20,22H2,1H3. The lowest BCUT2D eigenvalue weighted by atomic mass is 9.90. The Balaban J connectivity index is 1.10. The summed E-state index contributed by atoms with van der Waals surface area (Å²) in [5, 5.41) is 9.86. The number of hydrogen-bond acceptors (Lipinski definition) is 7. The summed E-state index contributed by atoms with van der Waals surface area (Å²) < 4.78 is 10.1. The van der Waals surface area contributed by atoms with Crippen LogP contribution in [0.4, 0.5) is 5.69 Å². The molecule has 5 rings (SSSR count). The molecule has 41 heavy (non-hydrogen) atoms. The highest BCUT2D eigenvalue weighted by atomic mass is 16.6. The van der Waals surface area contributed by atoms with E-state index in [-0.39, 0.29) is 18.8 Å². The second-order valence-corrected chi connectivity index (χ2v) is 10.6. The first kappa shape index (κ1) is 28.5. The molecule has 212 valence electrons. The van der Waals surface area contributed by atoms with E-state index in [9.17, 15) is 9.59 Å². The van der Waals surface area contributed by atoms with Gasteiger partial charge in [-0.05, 0) is 61.1 Å². The number of anilines is 1. The predicted molar refractivity (Wildman–Crippen MR) is 161 cm³/mol. The quantitative estimate of drug-likeness (QED) is 0.127. The van der Waals surface area contributed by atoms with Crippen LogP contribution in [-0.4, -0.2) is 49.1 Å². The molecule has 0 bridgehead atoms. The van der Waals surface area contributed by atoms with E-state index in [2.05, 4.69) is 52.0 Å². The third kappa shape index (κ3) is 7.78. The summed E-state index contributed by atoms with van der Waals surface area (Å²) in [6, 6.07) is 24.2. The predicted octanol–water partition coefficient (Wildman–Crippen LogP) is 5.98. The first-order chi connectivity index (χ1) is 20.1. The zero-order chi connectivity index (χ0) is 28.4. The van der Waals surface area contributed by atoms with Gasteiger partial charge in [0.05, 0.1) is 12.2 Å². The molecule has 1 heterocycles. The van der Waals surface area contributed by atoms with Gasteiger partial charge in [0.2, 0.25) is 0 Å². The number of carbonyl (C=O) groups is 2. The number of esters is 1. The van der Waals surface area contributed by atoms with Crippen LogP contribution in [0.5, 0.6) is 0 Å². The number of methoxy groups -OCH3 is 1. The first-order valence-corrected chi connectivity index (χ1v) is 14.3. The topological polar surface area (TPSA) is 89.5 Å². The Morgan fingerprint density at radius 1 is 0.854 bits per heavy atom. The lowest BCUT2D eigenvalue weighted by Gasteiger charge is -2.30. The van der Waals surface area contributed by atoms with E-state index in [0.717, 1.165) is 48.7 Å². The molecule has 7 nitrogen and oxygen atoms in total. The minimum atomic E-state index is -0.458. The Kier molecular flexibility index (Phi) is 9.73. The van der Waals surface area contributed by atoms with Crippen LogP contribution < -0.4 is 10.6 Å². The molecular formula is C34H37N3O4. The number of pyridine rings is 1. The van der Waals surface area contributed by atoms with Crippen molar-refractivity contribution in [3.63, 3.8) is 0 Å². The molecule has 0 radical (unpaired) electrons. The Morgan fingerprint density at radius 3 is 2.46 bits per heavy atom. The fourth-order valence-corrected chi connectivity index (χ4v) is 5.43. The van der Waals surface area contributed by atoms with Gasteiger partial charge in [-0.3, -0.25) is 9.78 Å². The fourth-order valence-electron chi connectivity index (χ4n) is 5.43. The Bertz CT molecular complexity index is 1470. The average Bonchev–Trinajstić information content (AvgIpc) is 3.01. The third-order valence-corrected chi connectivity index (χ3v) is 7.66. The number of ether oxygens (including phenoxy) is 2. The van der Waals surface area contributed by atoms with Crippen molar-refractivity contribution in [3.05, 3.63) is 107 Å². The molecule has 0 amide bonds. The van der Waals surface area contributed by atoms with Gasteiger partial charge in [-0.1, -0.05) is 48.5 Å². The van der Waals surface area contributed by atoms with E-state index >= 15 is 0 Å². The molecule has 1 aliphatic rings. The van der Waals surface area contributed by atoms with Gasteiger partial charge in [0.15, 0.2) is 5.78 Å². The summed E-state index contributed by atoms with van der Waals surface area (Å²) in [6.07, 6.45) is 8.50. The molecule has 1 saturated carbocycles. The molecule has 7 heteroatoms. The molecule has 0 unspecified atom stereocenters. The number of nitrogens with one attached hydrogen (secondary N) is 2. The van der Waals surface area contributed by atoms with E-state index in [1.54, 1.807) is 31.4 Å². The van der Waals surface area contributed by atoms with Crippen LogP contribution >= 0.6 is 0 Å². The highest BCUT2D eigenvalue weighted by Crippen LogP contribution is 2.27. The summed E-state index contributed by atoms with van der Waals surface area (Å²) in [6.45, 7) is 1.28. The Hall–Kier alpha value is -4.07. The van der Waals surface area contributed by atoms with Crippen molar-refractivity contribution in [1.82, 2.24) is 10.3 Å². The summed E-state index contributed by atoms with van der Waals surface area (Å²) in [5.74, 6) is -0.490. The maximum atomic E-state index is 13.0. The van der Waals surface area contributed by atoms with Gasteiger partial charge in [-0.15, -0.1) is 0 Å². The van der Waals surface area contributed by atoms with Gasteiger partial charge in [-0.25, -0.2) is 4.79 Å².